The van der Waals surface area contributed by atoms with Gasteiger partial charge in [-0.1, -0.05) is 29.8 Å². The van der Waals surface area contributed by atoms with Crippen LogP contribution in [-0.2, 0) is 4.79 Å². The Labute approximate surface area is 173 Å². The Balaban J connectivity index is 1.49. The van der Waals surface area contributed by atoms with Gasteiger partial charge in [-0.3, -0.25) is 4.79 Å². The number of halogens is 1. The molecular formula is C22H19ClN2O2S. The summed E-state index contributed by atoms with van der Waals surface area (Å²) < 4.78 is 5.75. The van der Waals surface area contributed by atoms with Gasteiger partial charge in [0.1, 0.15) is 11.5 Å². The van der Waals surface area contributed by atoms with Crippen LogP contribution in [0.4, 0.5) is 0 Å². The maximum Gasteiger partial charge on any atom is 0.253 e. The number of amides is 1. The minimum Gasteiger partial charge on any atom is -0.457 e. The van der Waals surface area contributed by atoms with Crippen LogP contribution >= 0.6 is 23.4 Å². The Morgan fingerprint density at radius 3 is 2.32 bits per heavy atom. The zero-order valence-corrected chi connectivity index (χ0v) is 16.8. The van der Waals surface area contributed by atoms with Gasteiger partial charge in [0.05, 0.1) is 11.5 Å². The summed E-state index contributed by atoms with van der Waals surface area (Å²) in [5, 5.41) is 4.43. The van der Waals surface area contributed by atoms with Crippen molar-refractivity contribution in [3.63, 3.8) is 0 Å². The number of hydrazone groups is 1. The largest absolute Gasteiger partial charge is 0.457 e. The van der Waals surface area contributed by atoms with Crippen LogP contribution in [0.25, 0.3) is 0 Å². The Kier molecular flexibility index (Phi) is 7.12. The number of ether oxygens (including phenoxy) is 1. The molecule has 4 nitrogen and oxygen atoms in total. The number of benzene rings is 3. The average molecular weight is 411 g/mol. The molecule has 1 amide bonds. The monoisotopic (exact) mass is 410 g/mol. The number of nitrogens with zero attached hydrogens (tertiary/aromatic N) is 1. The Hall–Kier alpha value is -2.76. The lowest BCUT2D eigenvalue weighted by atomic mass is 10.2. The molecule has 6 heteroatoms. The van der Waals surface area contributed by atoms with Crippen LogP contribution in [0.2, 0.25) is 5.02 Å². The van der Waals surface area contributed by atoms with E-state index in [2.05, 4.69) is 10.5 Å². The van der Waals surface area contributed by atoms with E-state index >= 15 is 0 Å². The molecule has 0 spiro atoms. The fourth-order valence-corrected chi connectivity index (χ4v) is 3.27. The van der Waals surface area contributed by atoms with Gasteiger partial charge in [0, 0.05) is 9.92 Å². The van der Waals surface area contributed by atoms with Crippen molar-refractivity contribution in [2.24, 2.45) is 5.10 Å². The summed E-state index contributed by atoms with van der Waals surface area (Å²) in [6.07, 6.45) is 1.60. The molecule has 0 aliphatic heterocycles. The van der Waals surface area contributed by atoms with Gasteiger partial charge in [0.25, 0.3) is 5.91 Å². The minimum atomic E-state index is -0.278. The Morgan fingerprint density at radius 2 is 1.64 bits per heavy atom. The molecule has 0 unspecified atom stereocenters. The van der Waals surface area contributed by atoms with Crippen molar-refractivity contribution in [3.05, 3.63) is 89.4 Å². The van der Waals surface area contributed by atoms with Crippen LogP contribution in [0.5, 0.6) is 11.5 Å². The Morgan fingerprint density at radius 1 is 1.00 bits per heavy atom. The van der Waals surface area contributed by atoms with Crippen molar-refractivity contribution >= 4 is 35.5 Å². The third-order valence-electron chi connectivity index (χ3n) is 3.74. The molecule has 0 aliphatic carbocycles. The van der Waals surface area contributed by atoms with Crippen LogP contribution in [-0.4, -0.2) is 17.4 Å². The highest BCUT2D eigenvalue weighted by molar-refractivity contribution is 8.00. The number of carbonyl (C=O) groups is 1. The second kappa shape index (κ2) is 9.97. The number of rotatable bonds is 7. The molecule has 3 rings (SSSR count). The summed E-state index contributed by atoms with van der Waals surface area (Å²) in [6.45, 7) is 1.83. The van der Waals surface area contributed by atoms with Gasteiger partial charge in [0.2, 0.25) is 0 Å². The van der Waals surface area contributed by atoms with Crippen molar-refractivity contribution in [2.75, 3.05) is 0 Å². The molecule has 0 fully saturated rings. The SMILES string of the molecule is C[C@@H](Sc1ccc(Cl)cc1)C(=O)N/N=C\c1ccc(Oc2ccccc2)cc1. The fraction of sp³-hybridized carbons (Fsp3) is 0.0909. The summed E-state index contributed by atoms with van der Waals surface area (Å²) in [6, 6.07) is 24.4. The van der Waals surface area contributed by atoms with Gasteiger partial charge in [0.15, 0.2) is 0 Å². The van der Waals surface area contributed by atoms with E-state index in [4.69, 9.17) is 16.3 Å². The normalized spacial score (nSPS) is 11.9. The summed E-state index contributed by atoms with van der Waals surface area (Å²) >= 11 is 7.32. The standard InChI is InChI=1S/C22H19ClN2O2S/c1-16(28-21-13-9-18(23)10-14-21)22(26)25-24-15-17-7-11-20(12-8-17)27-19-5-3-2-4-6-19/h2-16H,1H3,(H,25,26)/b24-15-/t16-/m1/s1. The van der Waals surface area contributed by atoms with Crippen molar-refractivity contribution < 1.29 is 9.53 Å². The number of carbonyl (C=O) groups excluding carboxylic acids is 1. The first-order valence-electron chi connectivity index (χ1n) is 8.68. The smallest absolute Gasteiger partial charge is 0.253 e. The van der Waals surface area contributed by atoms with Gasteiger partial charge in [-0.15, -0.1) is 11.8 Å². The minimum absolute atomic E-state index is 0.166. The first-order valence-corrected chi connectivity index (χ1v) is 9.94. The van der Waals surface area contributed by atoms with E-state index in [1.54, 1.807) is 18.3 Å². The molecule has 3 aromatic rings. The molecule has 0 saturated heterocycles. The zero-order valence-electron chi connectivity index (χ0n) is 15.2. The second-order valence-corrected chi connectivity index (χ2v) is 7.78. The first kappa shape index (κ1) is 20.0. The van der Waals surface area contributed by atoms with Crippen molar-refractivity contribution in [1.29, 1.82) is 0 Å². The van der Waals surface area contributed by atoms with E-state index in [0.29, 0.717) is 5.02 Å². The zero-order chi connectivity index (χ0) is 19.8. The third kappa shape index (κ3) is 6.15. The predicted molar refractivity (Wildman–Crippen MR) is 115 cm³/mol. The molecule has 0 saturated carbocycles. The average Bonchev–Trinajstić information content (AvgIpc) is 2.71. The van der Waals surface area contributed by atoms with E-state index in [0.717, 1.165) is 22.0 Å². The highest BCUT2D eigenvalue weighted by Crippen LogP contribution is 2.24. The van der Waals surface area contributed by atoms with Crippen LogP contribution in [0.15, 0.2) is 88.9 Å². The molecule has 0 bridgehead atoms. The third-order valence-corrected chi connectivity index (χ3v) is 5.11. The molecule has 142 valence electrons. The van der Waals surface area contributed by atoms with E-state index < -0.39 is 0 Å². The number of hydrogen-bond acceptors (Lipinski definition) is 4. The predicted octanol–water partition coefficient (Wildman–Crippen LogP) is 5.76. The number of hydrogen-bond donors (Lipinski definition) is 1. The number of thioether (sulfide) groups is 1. The van der Waals surface area contributed by atoms with E-state index in [1.807, 2.05) is 73.7 Å². The van der Waals surface area contributed by atoms with Gasteiger partial charge in [-0.05, 0) is 73.2 Å². The van der Waals surface area contributed by atoms with Crippen LogP contribution in [0.1, 0.15) is 12.5 Å². The second-order valence-electron chi connectivity index (χ2n) is 5.93. The highest BCUT2D eigenvalue weighted by Gasteiger charge is 2.13. The maximum atomic E-state index is 12.2. The number of nitrogens with one attached hydrogen (secondary N) is 1. The van der Waals surface area contributed by atoms with Gasteiger partial charge < -0.3 is 4.74 Å². The van der Waals surface area contributed by atoms with E-state index in [9.17, 15) is 4.79 Å². The van der Waals surface area contributed by atoms with E-state index in [-0.39, 0.29) is 11.2 Å². The van der Waals surface area contributed by atoms with Crippen molar-refractivity contribution in [3.8, 4) is 11.5 Å². The highest BCUT2D eigenvalue weighted by atomic mass is 35.5. The lowest BCUT2D eigenvalue weighted by molar-refractivity contribution is -0.120. The summed E-state index contributed by atoms with van der Waals surface area (Å²) in [4.78, 5) is 13.1. The van der Waals surface area contributed by atoms with Gasteiger partial charge in [-0.2, -0.15) is 5.10 Å². The molecule has 0 aliphatic rings. The molecular weight excluding hydrogens is 392 g/mol. The van der Waals surface area contributed by atoms with Crippen LogP contribution in [0.3, 0.4) is 0 Å². The summed E-state index contributed by atoms with van der Waals surface area (Å²) in [5.41, 5.74) is 3.43. The van der Waals surface area contributed by atoms with Gasteiger partial charge >= 0.3 is 0 Å². The van der Waals surface area contributed by atoms with Crippen molar-refractivity contribution in [2.45, 2.75) is 17.1 Å². The molecule has 0 aromatic heterocycles. The molecule has 3 aromatic carbocycles. The molecule has 0 heterocycles. The molecule has 28 heavy (non-hydrogen) atoms. The topological polar surface area (TPSA) is 50.7 Å². The maximum absolute atomic E-state index is 12.2. The Bertz CT molecular complexity index is 929. The summed E-state index contributed by atoms with van der Waals surface area (Å²) in [7, 11) is 0. The lowest BCUT2D eigenvalue weighted by Gasteiger charge is -2.09. The molecule has 1 atom stereocenters. The quantitative estimate of drug-likeness (QED) is 0.306. The van der Waals surface area contributed by atoms with Gasteiger partial charge in [-0.25, -0.2) is 5.43 Å². The fourth-order valence-electron chi connectivity index (χ4n) is 2.28. The van der Waals surface area contributed by atoms with E-state index in [1.165, 1.54) is 11.8 Å². The molecule has 1 N–H and O–H groups in total. The summed E-state index contributed by atoms with van der Waals surface area (Å²) in [5.74, 6) is 1.35. The molecule has 0 radical (unpaired) electrons. The lowest BCUT2D eigenvalue weighted by Crippen LogP contribution is -2.26. The van der Waals surface area contributed by atoms with Crippen LogP contribution in [0, 0.1) is 0 Å². The van der Waals surface area contributed by atoms with Crippen LogP contribution < -0.4 is 10.2 Å². The van der Waals surface area contributed by atoms with Crippen molar-refractivity contribution in [1.82, 2.24) is 5.43 Å². The first-order chi connectivity index (χ1) is 13.6. The number of para-hydroxylation sites is 1.